The molecule has 8 aromatic carbocycles. The van der Waals surface area contributed by atoms with Gasteiger partial charge in [0.25, 0.3) is 0 Å². The van der Waals surface area contributed by atoms with Crippen LogP contribution in [-0.2, 0) is 0 Å². The molecule has 1 aliphatic carbocycles. The van der Waals surface area contributed by atoms with Gasteiger partial charge in [0.1, 0.15) is 23.0 Å². The van der Waals surface area contributed by atoms with Crippen LogP contribution in [0.4, 0.5) is 0 Å². The molecule has 0 aliphatic heterocycles. The second-order valence-corrected chi connectivity index (χ2v) is 14.5. The first kappa shape index (κ1) is 35.1. The van der Waals surface area contributed by atoms with Gasteiger partial charge in [-0.25, -0.2) is 0 Å². The fraction of sp³-hybridized carbons (Fsp3) is 0.160. The summed E-state index contributed by atoms with van der Waals surface area (Å²) in [6.45, 7) is 0. The maximum Gasteiger partial charge on any atom is 0.132 e. The van der Waals surface area contributed by atoms with Crippen LogP contribution in [0.3, 0.4) is 0 Å². The van der Waals surface area contributed by atoms with Gasteiger partial charge in [-0.2, -0.15) is 0 Å². The van der Waals surface area contributed by atoms with Gasteiger partial charge < -0.3 is 19.7 Å². The SMILES string of the molecule is COc1ccc2ccccc2c1-c1c(O)c(C=N[C@@H]2CCCC[C@H]2N=Cc2cc3ccccc3c(-c3c(OC)ccc4ccccc34)c2O)cc2ccccc12. The summed E-state index contributed by atoms with van der Waals surface area (Å²) >= 11 is 0. The number of aromatic hydroxyl groups is 2. The summed E-state index contributed by atoms with van der Waals surface area (Å²) in [7, 11) is 3.34. The number of nitrogens with zero attached hydrogens (tertiary/aromatic N) is 2. The van der Waals surface area contributed by atoms with Crippen LogP contribution in [0, 0.1) is 0 Å². The molecule has 0 heterocycles. The Morgan fingerprint density at radius 1 is 0.464 bits per heavy atom. The Labute approximate surface area is 326 Å². The van der Waals surface area contributed by atoms with Crippen LogP contribution in [0.25, 0.3) is 65.3 Å². The topological polar surface area (TPSA) is 83.6 Å². The lowest BCUT2D eigenvalue weighted by Crippen LogP contribution is -2.27. The monoisotopic (exact) mass is 734 g/mol. The fourth-order valence-electron chi connectivity index (χ4n) is 8.57. The zero-order chi connectivity index (χ0) is 38.2. The van der Waals surface area contributed by atoms with Crippen LogP contribution < -0.4 is 9.47 Å². The van der Waals surface area contributed by atoms with Crippen molar-refractivity contribution in [3.63, 3.8) is 0 Å². The van der Waals surface area contributed by atoms with Crippen molar-refractivity contribution in [3.05, 3.63) is 145 Å². The number of aliphatic imine (C=N–C) groups is 2. The van der Waals surface area contributed by atoms with E-state index in [1.165, 1.54) is 0 Å². The normalized spacial score (nSPS) is 16.1. The molecule has 0 radical (unpaired) electrons. The lowest BCUT2D eigenvalue weighted by molar-refractivity contribution is 0.390. The van der Waals surface area contributed by atoms with Crippen LogP contribution in [0.1, 0.15) is 36.8 Å². The summed E-state index contributed by atoms with van der Waals surface area (Å²) in [5.41, 5.74) is 4.44. The second kappa shape index (κ2) is 14.9. The predicted octanol–water partition coefficient (Wildman–Crippen LogP) is 11.9. The van der Waals surface area contributed by atoms with Gasteiger partial charge in [0.2, 0.25) is 0 Å². The van der Waals surface area contributed by atoms with Crippen molar-refractivity contribution < 1.29 is 19.7 Å². The predicted molar refractivity (Wildman–Crippen MR) is 231 cm³/mol. The van der Waals surface area contributed by atoms with Crippen LogP contribution >= 0.6 is 0 Å². The Morgan fingerprint density at radius 3 is 1.21 bits per heavy atom. The minimum absolute atomic E-state index is 0.0957. The maximum atomic E-state index is 12.1. The van der Waals surface area contributed by atoms with E-state index in [2.05, 4.69) is 36.4 Å². The van der Waals surface area contributed by atoms with Crippen molar-refractivity contribution in [1.82, 2.24) is 0 Å². The largest absolute Gasteiger partial charge is 0.507 e. The molecule has 0 bridgehead atoms. The Hall–Kier alpha value is -6.66. The van der Waals surface area contributed by atoms with Crippen LogP contribution in [0.2, 0.25) is 0 Å². The maximum absolute atomic E-state index is 12.1. The number of methoxy groups -OCH3 is 2. The Bertz CT molecular complexity index is 2650. The lowest BCUT2D eigenvalue weighted by atomic mass is 9.89. The number of benzene rings is 8. The lowest BCUT2D eigenvalue weighted by Gasteiger charge is -2.25. The molecule has 6 heteroatoms. The van der Waals surface area contributed by atoms with Gasteiger partial charge >= 0.3 is 0 Å². The molecule has 1 fully saturated rings. The number of ether oxygens (including phenoxy) is 2. The van der Waals surface area contributed by atoms with Crippen molar-refractivity contribution in [1.29, 1.82) is 0 Å². The van der Waals surface area contributed by atoms with Crippen molar-refractivity contribution >= 4 is 55.5 Å². The quantitative estimate of drug-likeness (QED) is 0.152. The highest BCUT2D eigenvalue weighted by atomic mass is 16.5. The molecule has 2 N–H and O–H groups in total. The van der Waals surface area contributed by atoms with E-state index in [1.54, 1.807) is 14.2 Å². The van der Waals surface area contributed by atoms with E-state index in [1.807, 2.05) is 109 Å². The minimum Gasteiger partial charge on any atom is -0.507 e. The van der Waals surface area contributed by atoms with E-state index in [0.29, 0.717) is 22.6 Å². The average Bonchev–Trinajstić information content (AvgIpc) is 3.25. The summed E-state index contributed by atoms with van der Waals surface area (Å²) in [4.78, 5) is 10.3. The first-order valence-electron chi connectivity index (χ1n) is 19.2. The van der Waals surface area contributed by atoms with Crippen molar-refractivity contribution in [3.8, 4) is 45.3 Å². The molecular formula is C50H42N2O4. The summed E-state index contributed by atoms with van der Waals surface area (Å²) < 4.78 is 11.8. The first-order valence-corrected chi connectivity index (χ1v) is 19.2. The highest BCUT2D eigenvalue weighted by molar-refractivity contribution is 6.13. The van der Waals surface area contributed by atoms with Gasteiger partial charge in [-0.15, -0.1) is 0 Å². The van der Waals surface area contributed by atoms with Gasteiger partial charge in [0.05, 0.1) is 26.3 Å². The fourth-order valence-corrected chi connectivity index (χ4v) is 8.57. The zero-order valence-electron chi connectivity index (χ0n) is 31.4. The number of phenolic OH excluding ortho intramolecular Hbond substituents is 2. The third-order valence-corrected chi connectivity index (χ3v) is 11.3. The smallest absolute Gasteiger partial charge is 0.132 e. The molecule has 9 rings (SSSR count). The molecule has 0 spiro atoms. The highest BCUT2D eigenvalue weighted by Crippen LogP contribution is 2.48. The van der Waals surface area contributed by atoms with Gasteiger partial charge in [-0.3, -0.25) is 9.98 Å². The summed E-state index contributed by atoms with van der Waals surface area (Å²) in [6.07, 6.45) is 7.47. The van der Waals surface area contributed by atoms with Crippen molar-refractivity contribution in [2.45, 2.75) is 37.8 Å². The zero-order valence-corrected chi connectivity index (χ0v) is 31.4. The molecular weight excluding hydrogens is 693 g/mol. The Kier molecular flexibility index (Phi) is 9.31. The molecule has 2 atom stereocenters. The molecule has 1 saturated carbocycles. The molecule has 0 aromatic heterocycles. The number of hydrogen-bond acceptors (Lipinski definition) is 6. The van der Waals surface area contributed by atoms with Crippen LogP contribution in [-0.4, -0.2) is 48.9 Å². The molecule has 1 aliphatic rings. The molecule has 6 nitrogen and oxygen atoms in total. The average molecular weight is 735 g/mol. The highest BCUT2D eigenvalue weighted by Gasteiger charge is 2.26. The Morgan fingerprint density at radius 2 is 0.821 bits per heavy atom. The van der Waals surface area contributed by atoms with Crippen LogP contribution in [0.5, 0.6) is 23.0 Å². The second-order valence-electron chi connectivity index (χ2n) is 14.5. The molecule has 56 heavy (non-hydrogen) atoms. The molecule has 276 valence electrons. The number of fused-ring (bicyclic) bond motifs is 4. The van der Waals surface area contributed by atoms with Crippen molar-refractivity contribution in [2.24, 2.45) is 9.98 Å². The van der Waals surface area contributed by atoms with Gasteiger partial charge in [-0.1, -0.05) is 122 Å². The minimum atomic E-state index is -0.0957. The summed E-state index contributed by atoms with van der Waals surface area (Å²) in [5, 5.41) is 32.2. The van der Waals surface area contributed by atoms with E-state index in [4.69, 9.17) is 19.5 Å². The van der Waals surface area contributed by atoms with Gasteiger partial charge in [-0.05, 0) is 80.2 Å². The number of hydrogen-bond donors (Lipinski definition) is 2. The van der Waals surface area contributed by atoms with Gasteiger partial charge in [0.15, 0.2) is 0 Å². The summed E-state index contributed by atoms with van der Waals surface area (Å²) in [6, 6.07) is 44.4. The summed E-state index contributed by atoms with van der Waals surface area (Å²) in [5.74, 6) is 1.71. The third kappa shape index (κ3) is 6.17. The number of phenols is 2. The third-order valence-electron chi connectivity index (χ3n) is 11.3. The Balaban J connectivity index is 1.11. The number of rotatable bonds is 8. The molecule has 0 saturated heterocycles. The van der Waals surface area contributed by atoms with Gasteiger partial charge in [0, 0.05) is 45.8 Å². The van der Waals surface area contributed by atoms with E-state index >= 15 is 0 Å². The molecule has 8 aromatic rings. The van der Waals surface area contributed by atoms with E-state index in [0.717, 1.165) is 91.0 Å². The van der Waals surface area contributed by atoms with Crippen LogP contribution in [0.15, 0.2) is 143 Å². The van der Waals surface area contributed by atoms with E-state index in [-0.39, 0.29) is 23.6 Å². The standard InChI is InChI=1S/C50H42N2O4/c1-55-43-25-23-31-13-3-7-17-37(31)45(43)47-39-19-9-5-15-33(39)27-35(49(47)53)29-51-41-21-11-12-22-42(41)52-30-36-28-34-16-6-10-20-40(34)48(50(36)54)46-38-18-8-4-14-32(38)24-26-44(46)56-2/h3-10,13-20,23-30,41-42,53-54H,11-12,21-22H2,1-2H3/t41-,42-/m1/s1. The molecule has 0 amide bonds. The van der Waals surface area contributed by atoms with E-state index < -0.39 is 0 Å². The molecule has 0 unspecified atom stereocenters. The van der Waals surface area contributed by atoms with E-state index in [9.17, 15) is 10.2 Å². The first-order chi connectivity index (χ1) is 27.5. The van der Waals surface area contributed by atoms with Crippen molar-refractivity contribution in [2.75, 3.05) is 14.2 Å².